The zero-order chi connectivity index (χ0) is 13.0. The van der Waals surface area contributed by atoms with Gasteiger partial charge in [0, 0.05) is 18.2 Å². The summed E-state index contributed by atoms with van der Waals surface area (Å²) in [5.74, 6) is 5.92. The molecule has 1 fully saturated rings. The Morgan fingerprint density at radius 3 is 2.78 bits per heavy atom. The quantitative estimate of drug-likeness (QED) is 0.604. The number of ether oxygens (including phenoxy) is 1. The van der Waals surface area contributed by atoms with Crippen molar-refractivity contribution in [3.63, 3.8) is 0 Å². The molecule has 0 aliphatic heterocycles. The lowest BCUT2D eigenvalue weighted by atomic mass is 9.77. The van der Waals surface area contributed by atoms with Crippen molar-refractivity contribution in [3.05, 3.63) is 35.6 Å². The minimum atomic E-state index is -0.193. The Bertz CT molecular complexity index is 380. The summed E-state index contributed by atoms with van der Waals surface area (Å²) in [6.45, 7) is 2.78. The highest BCUT2D eigenvalue weighted by Gasteiger charge is 2.32. The second kappa shape index (κ2) is 6.27. The topological polar surface area (TPSA) is 47.3 Å². The van der Waals surface area contributed by atoms with Crippen LogP contribution in [0.1, 0.15) is 37.8 Å². The van der Waals surface area contributed by atoms with Gasteiger partial charge in [-0.3, -0.25) is 11.3 Å². The zero-order valence-electron chi connectivity index (χ0n) is 10.7. The van der Waals surface area contributed by atoms with E-state index < -0.39 is 0 Å². The van der Waals surface area contributed by atoms with Crippen molar-refractivity contribution >= 4 is 0 Å². The second-order valence-corrected chi connectivity index (χ2v) is 4.89. The van der Waals surface area contributed by atoms with Crippen LogP contribution in [0.4, 0.5) is 4.39 Å². The van der Waals surface area contributed by atoms with Gasteiger partial charge in [-0.15, -0.1) is 0 Å². The Morgan fingerprint density at radius 1 is 1.44 bits per heavy atom. The molecular formula is C14H21FN2O. The monoisotopic (exact) mass is 252 g/mol. The maximum Gasteiger partial charge on any atom is 0.128 e. The normalized spacial score (nSPS) is 24.6. The van der Waals surface area contributed by atoms with Gasteiger partial charge in [-0.1, -0.05) is 18.2 Å². The van der Waals surface area contributed by atoms with Gasteiger partial charge in [0.15, 0.2) is 0 Å². The molecule has 1 aliphatic rings. The van der Waals surface area contributed by atoms with Gasteiger partial charge in [0.25, 0.3) is 0 Å². The van der Waals surface area contributed by atoms with Gasteiger partial charge in [-0.05, 0) is 38.2 Å². The molecule has 0 spiro atoms. The van der Waals surface area contributed by atoms with Crippen LogP contribution in [0.2, 0.25) is 0 Å². The molecule has 0 aromatic heterocycles. The van der Waals surface area contributed by atoms with Crippen LogP contribution in [0, 0.1) is 11.7 Å². The third-order valence-corrected chi connectivity index (χ3v) is 3.65. The minimum Gasteiger partial charge on any atom is -0.378 e. The third kappa shape index (κ3) is 3.07. The fourth-order valence-corrected chi connectivity index (χ4v) is 2.61. The van der Waals surface area contributed by atoms with Gasteiger partial charge < -0.3 is 4.74 Å². The first-order chi connectivity index (χ1) is 8.74. The van der Waals surface area contributed by atoms with Gasteiger partial charge in [0.1, 0.15) is 5.82 Å². The molecule has 4 heteroatoms. The fraction of sp³-hybridized carbons (Fsp3) is 0.571. The third-order valence-electron chi connectivity index (χ3n) is 3.65. The molecule has 2 rings (SSSR count). The molecule has 0 amide bonds. The fourth-order valence-electron chi connectivity index (χ4n) is 2.61. The lowest BCUT2D eigenvalue weighted by Gasteiger charge is -2.37. The molecule has 1 aromatic carbocycles. The lowest BCUT2D eigenvalue weighted by Crippen LogP contribution is -2.36. The molecule has 1 aromatic rings. The molecule has 0 heterocycles. The Balaban J connectivity index is 1.89. The van der Waals surface area contributed by atoms with Crippen LogP contribution in [0.5, 0.6) is 0 Å². The summed E-state index contributed by atoms with van der Waals surface area (Å²) in [7, 11) is 0. The Morgan fingerprint density at radius 2 is 2.17 bits per heavy atom. The van der Waals surface area contributed by atoms with E-state index in [1.165, 1.54) is 6.07 Å². The van der Waals surface area contributed by atoms with Crippen LogP contribution in [0.3, 0.4) is 0 Å². The summed E-state index contributed by atoms with van der Waals surface area (Å²) in [6.07, 6.45) is 3.36. The van der Waals surface area contributed by atoms with Gasteiger partial charge in [0.2, 0.25) is 0 Å². The van der Waals surface area contributed by atoms with E-state index >= 15 is 0 Å². The largest absolute Gasteiger partial charge is 0.378 e. The van der Waals surface area contributed by atoms with Crippen molar-refractivity contribution in [2.45, 2.75) is 38.3 Å². The highest BCUT2D eigenvalue weighted by molar-refractivity contribution is 5.21. The van der Waals surface area contributed by atoms with E-state index in [2.05, 4.69) is 5.43 Å². The molecule has 3 N–H and O–H groups in total. The number of hydrogen-bond donors (Lipinski definition) is 2. The minimum absolute atomic E-state index is 0.112. The number of nitrogens with two attached hydrogens (primary N) is 1. The van der Waals surface area contributed by atoms with Crippen LogP contribution in [0.25, 0.3) is 0 Å². The summed E-state index contributed by atoms with van der Waals surface area (Å²) in [6, 6.07) is 6.69. The van der Waals surface area contributed by atoms with Crippen LogP contribution in [-0.4, -0.2) is 12.7 Å². The van der Waals surface area contributed by atoms with E-state index in [1.54, 1.807) is 12.1 Å². The van der Waals surface area contributed by atoms with Gasteiger partial charge in [-0.25, -0.2) is 4.39 Å². The van der Waals surface area contributed by atoms with E-state index in [0.717, 1.165) is 25.9 Å². The number of halogens is 1. The molecular weight excluding hydrogens is 231 g/mol. The maximum absolute atomic E-state index is 13.7. The Labute approximate surface area is 107 Å². The first-order valence-corrected chi connectivity index (χ1v) is 6.56. The van der Waals surface area contributed by atoms with Crippen molar-refractivity contribution in [2.75, 3.05) is 6.61 Å². The summed E-state index contributed by atoms with van der Waals surface area (Å²) in [5.41, 5.74) is 3.38. The molecule has 0 bridgehead atoms. The predicted octanol–water partition coefficient (Wildman–Crippen LogP) is 2.54. The average molecular weight is 252 g/mol. The molecule has 1 saturated carbocycles. The standard InChI is InChI=1S/C14H21FN2O/c1-2-18-11-7-10(8-11)9-14(17-16)12-5-3-4-6-13(12)15/h3-6,10-11,14,17H,2,7-9,16H2,1H3. The highest BCUT2D eigenvalue weighted by atomic mass is 19.1. The Hall–Kier alpha value is -0.970. The van der Waals surface area contributed by atoms with Crippen molar-refractivity contribution in [1.82, 2.24) is 5.43 Å². The lowest BCUT2D eigenvalue weighted by molar-refractivity contribution is -0.0292. The van der Waals surface area contributed by atoms with Crippen molar-refractivity contribution in [1.29, 1.82) is 0 Å². The number of rotatable bonds is 6. The number of hydrogen-bond acceptors (Lipinski definition) is 3. The predicted molar refractivity (Wildman–Crippen MR) is 69.2 cm³/mol. The first kappa shape index (κ1) is 13.5. The Kier molecular flexibility index (Phi) is 4.69. The maximum atomic E-state index is 13.7. The van der Waals surface area contributed by atoms with E-state index in [4.69, 9.17) is 10.6 Å². The SMILES string of the molecule is CCOC1CC(CC(NN)c2ccccc2F)C1. The van der Waals surface area contributed by atoms with Crippen molar-refractivity contribution in [2.24, 2.45) is 11.8 Å². The molecule has 0 saturated heterocycles. The van der Waals surface area contributed by atoms with E-state index in [9.17, 15) is 4.39 Å². The number of benzene rings is 1. The van der Waals surface area contributed by atoms with Crippen LogP contribution in [0.15, 0.2) is 24.3 Å². The molecule has 1 atom stereocenters. The van der Waals surface area contributed by atoms with Gasteiger partial charge >= 0.3 is 0 Å². The van der Waals surface area contributed by atoms with Crippen molar-refractivity contribution < 1.29 is 9.13 Å². The summed E-state index contributed by atoms with van der Waals surface area (Å²) in [4.78, 5) is 0. The molecule has 100 valence electrons. The molecule has 1 aliphatic carbocycles. The smallest absolute Gasteiger partial charge is 0.128 e. The number of hydrazine groups is 1. The average Bonchev–Trinajstić information content (AvgIpc) is 2.33. The summed E-state index contributed by atoms with van der Waals surface area (Å²) in [5, 5.41) is 0. The second-order valence-electron chi connectivity index (χ2n) is 4.89. The van der Waals surface area contributed by atoms with Gasteiger partial charge in [-0.2, -0.15) is 0 Å². The summed E-state index contributed by atoms with van der Waals surface area (Å²) < 4.78 is 19.2. The van der Waals surface area contributed by atoms with E-state index in [0.29, 0.717) is 17.6 Å². The van der Waals surface area contributed by atoms with Crippen LogP contribution in [-0.2, 0) is 4.74 Å². The molecule has 0 radical (unpaired) electrons. The first-order valence-electron chi connectivity index (χ1n) is 6.56. The van der Waals surface area contributed by atoms with Crippen LogP contribution < -0.4 is 11.3 Å². The van der Waals surface area contributed by atoms with E-state index in [1.807, 2.05) is 13.0 Å². The number of nitrogens with one attached hydrogen (secondary N) is 1. The summed E-state index contributed by atoms with van der Waals surface area (Å²) >= 11 is 0. The molecule has 3 nitrogen and oxygen atoms in total. The van der Waals surface area contributed by atoms with Crippen LogP contribution >= 0.6 is 0 Å². The molecule has 1 unspecified atom stereocenters. The van der Waals surface area contributed by atoms with Crippen molar-refractivity contribution in [3.8, 4) is 0 Å². The zero-order valence-corrected chi connectivity index (χ0v) is 10.7. The van der Waals surface area contributed by atoms with E-state index in [-0.39, 0.29) is 11.9 Å². The highest BCUT2D eigenvalue weighted by Crippen LogP contribution is 2.37. The van der Waals surface area contributed by atoms with Gasteiger partial charge in [0.05, 0.1) is 6.10 Å². The molecule has 18 heavy (non-hydrogen) atoms.